The van der Waals surface area contributed by atoms with Crippen molar-refractivity contribution in [1.29, 1.82) is 0 Å². The van der Waals surface area contributed by atoms with Crippen LogP contribution in [-0.2, 0) is 13.1 Å². The standard InChI is InChI=1S/C24H19ClFN3O/c25-20-12-7-13-21(26)22(20)24(30)27-14-19-16-29(15-17-8-3-1-4-9-17)28-23(19)18-10-5-2-6-11-18/h1-13,16H,14-15H2,(H,27,30). The fraction of sp³-hybridized carbons (Fsp3) is 0.0833. The van der Waals surface area contributed by atoms with Gasteiger partial charge in [0, 0.05) is 23.9 Å². The maximum Gasteiger partial charge on any atom is 0.256 e. The second kappa shape index (κ2) is 8.93. The molecule has 0 saturated carbocycles. The van der Waals surface area contributed by atoms with Gasteiger partial charge in [-0.2, -0.15) is 5.10 Å². The second-order valence-electron chi connectivity index (χ2n) is 6.83. The van der Waals surface area contributed by atoms with Gasteiger partial charge >= 0.3 is 0 Å². The topological polar surface area (TPSA) is 46.9 Å². The van der Waals surface area contributed by atoms with Crippen LogP contribution in [0.2, 0.25) is 5.02 Å². The Labute approximate surface area is 178 Å². The van der Waals surface area contributed by atoms with E-state index in [1.54, 1.807) is 0 Å². The zero-order chi connectivity index (χ0) is 20.9. The Balaban J connectivity index is 1.60. The smallest absolute Gasteiger partial charge is 0.256 e. The summed E-state index contributed by atoms with van der Waals surface area (Å²) in [5.74, 6) is -1.21. The fourth-order valence-electron chi connectivity index (χ4n) is 3.26. The molecule has 0 atom stereocenters. The number of hydrogen-bond donors (Lipinski definition) is 1. The molecule has 3 aromatic carbocycles. The van der Waals surface area contributed by atoms with Gasteiger partial charge < -0.3 is 5.32 Å². The number of amides is 1. The van der Waals surface area contributed by atoms with E-state index in [4.69, 9.17) is 16.7 Å². The number of aromatic nitrogens is 2. The van der Waals surface area contributed by atoms with Crippen molar-refractivity contribution >= 4 is 17.5 Å². The summed E-state index contributed by atoms with van der Waals surface area (Å²) < 4.78 is 15.9. The van der Waals surface area contributed by atoms with Crippen LogP contribution in [0.3, 0.4) is 0 Å². The number of benzene rings is 3. The molecule has 4 aromatic rings. The summed E-state index contributed by atoms with van der Waals surface area (Å²) in [5.41, 5.74) is 3.51. The SMILES string of the molecule is O=C(NCc1cn(Cc2ccccc2)nc1-c1ccccc1)c1c(F)cccc1Cl. The lowest BCUT2D eigenvalue weighted by Crippen LogP contribution is -2.24. The van der Waals surface area contributed by atoms with E-state index < -0.39 is 11.7 Å². The molecule has 0 saturated heterocycles. The number of hydrogen-bond acceptors (Lipinski definition) is 2. The molecule has 150 valence electrons. The minimum atomic E-state index is -0.650. The third kappa shape index (κ3) is 4.42. The Morgan fingerprint density at radius 1 is 0.967 bits per heavy atom. The van der Waals surface area contributed by atoms with Gasteiger partial charge in [-0.25, -0.2) is 4.39 Å². The highest BCUT2D eigenvalue weighted by molar-refractivity contribution is 6.33. The van der Waals surface area contributed by atoms with E-state index in [1.165, 1.54) is 18.2 Å². The molecule has 1 N–H and O–H groups in total. The fourth-order valence-corrected chi connectivity index (χ4v) is 3.51. The first-order valence-corrected chi connectivity index (χ1v) is 9.87. The average Bonchev–Trinajstić information content (AvgIpc) is 3.16. The van der Waals surface area contributed by atoms with E-state index in [2.05, 4.69) is 5.32 Å². The molecule has 0 aliphatic rings. The highest BCUT2D eigenvalue weighted by atomic mass is 35.5. The molecule has 0 aliphatic heterocycles. The molecule has 0 radical (unpaired) electrons. The number of carbonyl (C=O) groups excluding carboxylic acids is 1. The molecule has 4 nitrogen and oxygen atoms in total. The van der Waals surface area contributed by atoms with Crippen LogP contribution in [-0.4, -0.2) is 15.7 Å². The molecule has 0 spiro atoms. The lowest BCUT2D eigenvalue weighted by molar-refractivity contribution is 0.0947. The molecule has 0 aliphatic carbocycles. The van der Waals surface area contributed by atoms with Crippen molar-refractivity contribution in [3.05, 3.63) is 113 Å². The van der Waals surface area contributed by atoms with Crippen LogP contribution in [0.1, 0.15) is 21.5 Å². The van der Waals surface area contributed by atoms with Gasteiger partial charge in [0.15, 0.2) is 0 Å². The normalized spacial score (nSPS) is 10.7. The maximum absolute atomic E-state index is 14.1. The molecule has 1 amide bonds. The van der Waals surface area contributed by atoms with Gasteiger partial charge in [-0.3, -0.25) is 9.48 Å². The first-order chi connectivity index (χ1) is 14.6. The van der Waals surface area contributed by atoms with Gasteiger partial charge in [0.05, 0.1) is 22.8 Å². The number of carbonyl (C=O) groups is 1. The summed E-state index contributed by atoms with van der Waals surface area (Å²) >= 11 is 6.01. The molecule has 4 rings (SSSR count). The monoisotopic (exact) mass is 419 g/mol. The van der Waals surface area contributed by atoms with Crippen molar-refractivity contribution in [3.8, 4) is 11.3 Å². The molecular weight excluding hydrogens is 401 g/mol. The number of halogens is 2. The minimum Gasteiger partial charge on any atom is -0.348 e. The summed E-state index contributed by atoms with van der Waals surface area (Å²) in [6, 6.07) is 23.9. The summed E-state index contributed by atoms with van der Waals surface area (Å²) in [5, 5.41) is 7.57. The Morgan fingerprint density at radius 2 is 1.67 bits per heavy atom. The van der Waals surface area contributed by atoms with Gasteiger partial charge in [-0.15, -0.1) is 0 Å². The number of rotatable bonds is 6. The Bertz CT molecular complexity index is 1140. The molecule has 1 aromatic heterocycles. The predicted molar refractivity (Wildman–Crippen MR) is 116 cm³/mol. The minimum absolute atomic E-state index is 0.0792. The summed E-state index contributed by atoms with van der Waals surface area (Å²) in [6.45, 7) is 0.802. The highest BCUT2D eigenvalue weighted by Gasteiger charge is 2.17. The molecule has 30 heavy (non-hydrogen) atoms. The van der Waals surface area contributed by atoms with Crippen LogP contribution in [0.4, 0.5) is 4.39 Å². The predicted octanol–water partition coefficient (Wildman–Crippen LogP) is 5.32. The third-order valence-corrected chi connectivity index (χ3v) is 5.02. The highest BCUT2D eigenvalue weighted by Crippen LogP contribution is 2.23. The second-order valence-corrected chi connectivity index (χ2v) is 7.24. The van der Waals surface area contributed by atoms with Gasteiger partial charge in [0.25, 0.3) is 5.91 Å². The van der Waals surface area contributed by atoms with Crippen molar-refractivity contribution in [1.82, 2.24) is 15.1 Å². The van der Waals surface area contributed by atoms with Crippen molar-refractivity contribution in [2.45, 2.75) is 13.1 Å². The average molecular weight is 420 g/mol. The third-order valence-electron chi connectivity index (χ3n) is 4.70. The lowest BCUT2D eigenvalue weighted by Gasteiger charge is -2.08. The van der Waals surface area contributed by atoms with Crippen LogP contribution >= 0.6 is 11.6 Å². The van der Waals surface area contributed by atoms with Crippen molar-refractivity contribution in [2.75, 3.05) is 0 Å². The van der Waals surface area contributed by atoms with Crippen molar-refractivity contribution in [3.63, 3.8) is 0 Å². The van der Waals surface area contributed by atoms with Crippen LogP contribution in [0.15, 0.2) is 85.1 Å². The van der Waals surface area contributed by atoms with Crippen LogP contribution in [0.5, 0.6) is 0 Å². The lowest BCUT2D eigenvalue weighted by atomic mass is 10.1. The maximum atomic E-state index is 14.1. The summed E-state index contributed by atoms with van der Waals surface area (Å²) in [7, 11) is 0. The quantitative estimate of drug-likeness (QED) is 0.459. The molecule has 6 heteroatoms. The van der Waals surface area contributed by atoms with Gasteiger partial charge in [0.2, 0.25) is 0 Å². The van der Waals surface area contributed by atoms with Crippen molar-refractivity contribution in [2.24, 2.45) is 0 Å². The van der Waals surface area contributed by atoms with E-state index >= 15 is 0 Å². The molecule has 0 bridgehead atoms. The van der Waals surface area contributed by atoms with Gasteiger partial charge in [-0.05, 0) is 17.7 Å². The van der Waals surface area contributed by atoms with E-state index in [-0.39, 0.29) is 17.1 Å². The van der Waals surface area contributed by atoms with Crippen LogP contribution in [0.25, 0.3) is 11.3 Å². The van der Waals surface area contributed by atoms with Crippen LogP contribution in [0, 0.1) is 5.82 Å². The molecule has 1 heterocycles. The largest absolute Gasteiger partial charge is 0.348 e. The van der Waals surface area contributed by atoms with Crippen LogP contribution < -0.4 is 5.32 Å². The van der Waals surface area contributed by atoms with Gasteiger partial charge in [-0.1, -0.05) is 78.3 Å². The van der Waals surface area contributed by atoms with Crippen molar-refractivity contribution < 1.29 is 9.18 Å². The number of nitrogens with zero attached hydrogens (tertiary/aromatic N) is 2. The Hall–Kier alpha value is -3.44. The van der Waals surface area contributed by atoms with E-state index in [0.29, 0.717) is 6.54 Å². The molecular formula is C24H19ClFN3O. The molecule has 0 unspecified atom stereocenters. The van der Waals surface area contributed by atoms with E-state index in [9.17, 15) is 9.18 Å². The zero-order valence-electron chi connectivity index (χ0n) is 16.1. The van der Waals surface area contributed by atoms with Gasteiger partial charge in [0.1, 0.15) is 5.82 Å². The first kappa shape index (κ1) is 19.9. The number of nitrogens with one attached hydrogen (secondary N) is 1. The molecule has 0 fully saturated rings. The Kier molecular flexibility index (Phi) is 5.91. The summed E-state index contributed by atoms with van der Waals surface area (Å²) in [6.07, 6.45) is 1.90. The van der Waals surface area contributed by atoms with E-state index in [1.807, 2.05) is 71.5 Å². The first-order valence-electron chi connectivity index (χ1n) is 9.49. The Morgan fingerprint density at radius 3 is 2.37 bits per heavy atom. The van der Waals surface area contributed by atoms with E-state index in [0.717, 1.165) is 22.4 Å². The summed E-state index contributed by atoms with van der Waals surface area (Å²) in [4.78, 5) is 12.5. The zero-order valence-corrected chi connectivity index (χ0v) is 16.8.